The van der Waals surface area contributed by atoms with Gasteiger partial charge in [0, 0.05) is 17.9 Å². The molecule has 144 valence electrons. The number of allylic oxidation sites excluding steroid dienone is 2. The van der Waals surface area contributed by atoms with Crippen LogP contribution in [0.4, 0.5) is 0 Å². The van der Waals surface area contributed by atoms with E-state index < -0.39 is 17.8 Å². The van der Waals surface area contributed by atoms with E-state index in [0.717, 1.165) is 18.4 Å². The van der Waals surface area contributed by atoms with Crippen LogP contribution in [0.3, 0.4) is 0 Å². The number of carbonyl (C=O) groups is 3. The maximum absolute atomic E-state index is 13.4. The number of benzene rings is 2. The van der Waals surface area contributed by atoms with E-state index in [2.05, 4.69) is 0 Å². The summed E-state index contributed by atoms with van der Waals surface area (Å²) in [7, 11) is 0. The molecule has 28 heavy (non-hydrogen) atoms. The fourth-order valence-electron chi connectivity index (χ4n) is 3.70. The molecule has 0 amide bonds. The normalized spacial score (nSPS) is 16.0. The number of ketones is 2. The zero-order valence-corrected chi connectivity index (χ0v) is 16.0. The number of ether oxygens (including phenoxy) is 1. The summed E-state index contributed by atoms with van der Waals surface area (Å²) in [6, 6.07) is 18.0. The van der Waals surface area contributed by atoms with E-state index >= 15 is 0 Å². The lowest BCUT2D eigenvalue weighted by Crippen LogP contribution is -2.35. The van der Waals surface area contributed by atoms with E-state index in [1.54, 1.807) is 31.2 Å². The second-order valence-corrected chi connectivity index (χ2v) is 6.82. The van der Waals surface area contributed by atoms with Crippen LogP contribution in [0.2, 0.25) is 0 Å². The van der Waals surface area contributed by atoms with Gasteiger partial charge in [-0.25, -0.2) is 0 Å². The van der Waals surface area contributed by atoms with Gasteiger partial charge in [0.2, 0.25) is 0 Å². The Labute approximate surface area is 165 Å². The molecule has 4 nitrogen and oxygen atoms in total. The van der Waals surface area contributed by atoms with Crippen molar-refractivity contribution in [3.05, 3.63) is 83.4 Å². The van der Waals surface area contributed by atoms with Crippen molar-refractivity contribution in [3.63, 3.8) is 0 Å². The largest absolute Gasteiger partial charge is 0.465 e. The molecule has 0 fully saturated rings. The summed E-state index contributed by atoms with van der Waals surface area (Å²) in [5.41, 5.74) is 1.75. The van der Waals surface area contributed by atoms with Gasteiger partial charge in [0.1, 0.15) is 5.92 Å². The first-order valence-electron chi connectivity index (χ1n) is 9.67. The fourth-order valence-corrected chi connectivity index (χ4v) is 3.70. The van der Waals surface area contributed by atoms with Crippen molar-refractivity contribution >= 4 is 17.5 Å². The van der Waals surface area contributed by atoms with Crippen molar-refractivity contribution < 1.29 is 19.1 Å². The summed E-state index contributed by atoms with van der Waals surface area (Å²) in [5, 5.41) is 0. The summed E-state index contributed by atoms with van der Waals surface area (Å²) >= 11 is 0. The first-order chi connectivity index (χ1) is 13.6. The van der Waals surface area contributed by atoms with Crippen LogP contribution in [-0.4, -0.2) is 24.1 Å². The molecule has 3 rings (SSSR count). The molecule has 0 saturated heterocycles. The van der Waals surface area contributed by atoms with Crippen molar-refractivity contribution in [1.29, 1.82) is 0 Å². The third kappa shape index (κ3) is 4.28. The highest BCUT2D eigenvalue weighted by Crippen LogP contribution is 2.38. The Hall–Kier alpha value is -3.01. The van der Waals surface area contributed by atoms with Crippen LogP contribution in [0.15, 0.2) is 72.3 Å². The minimum absolute atomic E-state index is 0.00439. The van der Waals surface area contributed by atoms with Crippen LogP contribution in [0.5, 0.6) is 0 Å². The van der Waals surface area contributed by atoms with Gasteiger partial charge >= 0.3 is 5.97 Å². The second kappa shape index (κ2) is 9.27. The first kappa shape index (κ1) is 19.7. The molecule has 0 saturated carbocycles. The lowest BCUT2D eigenvalue weighted by atomic mass is 9.73. The Morgan fingerprint density at radius 1 is 1.00 bits per heavy atom. The van der Waals surface area contributed by atoms with E-state index in [4.69, 9.17) is 4.74 Å². The van der Waals surface area contributed by atoms with Crippen LogP contribution in [0.25, 0.3) is 0 Å². The molecule has 2 atom stereocenters. The van der Waals surface area contributed by atoms with Gasteiger partial charge < -0.3 is 4.74 Å². The van der Waals surface area contributed by atoms with Crippen LogP contribution < -0.4 is 0 Å². The summed E-state index contributed by atoms with van der Waals surface area (Å²) in [5.74, 6) is -2.68. The molecule has 0 heterocycles. The van der Waals surface area contributed by atoms with Gasteiger partial charge in [0.15, 0.2) is 11.6 Å². The molecular weight excluding hydrogens is 352 g/mol. The minimum atomic E-state index is -1.10. The maximum atomic E-state index is 13.4. The summed E-state index contributed by atoms with van der Waals surface area (Å²) in [6.07, 6.45) is 3.87. The van der Waals surface area contributed by atoms with E-state index in [9.17, 15) is 14.4 Å². The van der Waals surface area contributed by atoms with E-state index in [1.165, 1.54) is 0 Å². The van der Waals surface area contributed by atoms with Crippen molar-refractivity contribution in [2.45, 2.75) is 32.1 Å². The Morgan fingerprint density at radius 2 is 1.64 bits per heavy atom. The molecule has 2 unspecified atom stereocenters. The van der Waals surface area contributed by atoms with Crippen LogP contribution in [-0.2, 0) is 14.3 Å². The Kier molecular flexibility index (Phi) is 6.53. The van der Waals surface area contributed by atoms with Gasteiger partial charge in [-0.05, 0) is 30.9 Å². The van der Waals surface area contributed by atoms with E-state index in [1.807, 2.05) is 42.5 Å². The zero-order chi connectivity index (χ0) is 19.9. The van der Waals surface area contributed by atoms with Gasteiger partial charge in [-0.2, -0.15) is 0 Å². The molecule has 0 aliphatic heterocycles. The fraction of sp³-hybridized carbons (Fsp3) is 0.292. The van der Waals surface area contributed by atoms with E-state index in [0.29, 0.717) is 17.6 Å². The Morgan fingerprint density at radius 3 is 2.25 bits per heavy atom. The first-order valence-corrected chi connectivity index (χ1v) is 9.67. The van der Waals surface area contributed by atoms with Crippen molar-refractivity contribution in [1.82, 2.24) is 0 Å². The average molecular weight is 376 g/mol. The molecule has 0 spiro atoms. The number of hydrogen-bond donors (Lipinski definition) is 0. The molecular formula is C24H24O4. The highest BCUT2D eigenvalue weighted by atomic mass is 16.5. The highest BCUT2D eigenvalue weighted by molar-refractivity contribution is 6.11. The topological polar surface area (TPSA) is 60.4 Å². The highest BCUT2D eigenvalue weighted by Gasteiger charge is 2.41. The van der Waals surface area contributed by atoms with Gasteiger partial charge in [-0.1, -0.05) is 66.7 Å². The smallest absolute Gasteiger partial charge is 0.317 e. The number of rotatable bonds is 7. The molecule has 2 aromatic carbocycles. The second-order valence-electron chi connectivity index (χ2n) is 6.82. The number of esters is 1. The lowest BCUT2D eigenvalue weighted by molar-refractivity contribution is -0.146. The number of carbonyl (C=O) groups excluding carboxylic acids is 3. The van der Waals surface area contributed by atoms with Crippen LogP contribution >= 0.6 is 0 Å². The third-order valence-electron chi connectivity index (χ3n) is 5.00. The molecule has 0 aromatic heterocycles. The number of hydrogen-bond acceptors (Lipinski definition) is 4. The molecule has 4 heteroatoms. The van der Waals surface area contributed by atoms with Crippen molar-refractivity contribution in [3.8, 4) is 0 Å². The summed E-state index contributed by atoms with van der Waals surface area (Å²) < 4.78 is 5.28. The molecule has 2 aromatic rings. The average Bonchev–Trinajstić information content (AvgIpc) is 2.73. The molecule has 1 aliphatic carbocycles. The predicted molar refractivity (Wildman–Crippen MR) is 107 cm³/mol. The van der Waals surface area contributed by atoms with E-state index in [-0.39, 0.29) is 18.2 Å². The standard InChI is InChI=1S/C24H24O4/c1-2-28-24(27)22(23(26)18-13-7-4-8-14-18)21(17-11-5-3-6-12-17)19-15-9-10-16-20(19)25/h3-8,11-15,21-22H,2,9-10,16H2,1H3. The van der Waals surface area contributed by atoms with Crippen molar-refractivity contribution in [2.24, 2.45) is 5.92 Å². The molecule has 1 aliphatic rings. The van der Waals surface area contributed by atoms with Gasteiger partial charge in [-0.15, -0.1) is 0 Å². The number of Topliss-reactive ketones (excluding diaryl/α,β-unsaturated/α-hetero) is 2. The molecule has 0 bridgehead atoms. The Balaban J connectivity index is 2.13. The maximum Gasteiger partial charge on any atom is 0.317 e. The monoisotopic (exact) mass is 376 g/mol. The third-order valence-corrected chi connectivity index (χ3v) is 5.00. The summed E-state index contributed by atoms with van der Waals surface area (Å²) in [4.78, 5) is 39.0. The summed E-state index contributed by atoms with van der Waals surface area (Å²) in [6.45, 7) is 1.89. The Bertz CT molecular complexity index is 868. The quantitative estimate of drug-likeness (QED) is 0.405. The SMILES string of the molecule is CCOC(=O)C(C(=O)c1ccccc1)C(C1=CCCCC1=O)c1ccccc1. The zero-order valence-electron chi connectivity index (χ0n) is 16.0. The van der Waals surface area contributed by atoms with Gasteiger partial charge in [0.25, 0.3) is 0 Å². The lowest BCUT2D eigenvalue weighted by Gasteiger charge is -2.28. The predicted octanol–water partition coefficient (Wildman–Crippen LogP) is 4.51. The van der Waals surface area contributed by atoms with Crippen molar-refractivity contribution in [2.75, 3.05) is 6.61 Å². The van der Waals surface area contributed by atoms with Gasteiger partial charge in [-0.3, -0.25) is 14.4 Å². The van der Waals surface area contributed by atoms with Crippen LogP contribution in [0.1, 0.15) is 48.0 Å². The van der Waals surface area contributed by atoms with Gasteiger partial charge in [0.05, 0.1) is 6.61 Å². The molecule has 0 radical (unpaired) electrons. The van der Waals surface area contributed by atoms with Crippen LogP contribution in [0, 0.1) is 5.92 Å². The molecule has 0 N–H and O–H groups in total. The minimum Gasteiger partial charge on any atom is -0.465 e.